The molecule has 0 saturated carbocycles. The molecule has 4 amide bonds. The van der Waals surface area contributed by atoms with Crippen LogP contribution in [0.4, 0.5) is 21.9 Å². The van der Waals surface area contributed by atoms with E-state index in [-0.39, 0.29) is 24.5 Å². The highest BCUT2D eigenvalue weighted by Gasteiger charge is 2.75. The highest BCUT2D eigenvalue weighted by Crippen LogP contribution is 2.66. The number of carbonyl (C=O) groups is 5. The molecular weight excluding hydrogens is 951 g/mol. The van der Waals surface area contributed by atoms with Gasteiger partial charge in [-0.2, -0.15) is 0 Å². The van der Waals surface area contributed by atoms with Crippen molar-refractivity contribution in [2.75, 3.05) is 61.7 Å². The number of methoxy groups -OCH3 is 1. The number of benzene rings is 5. The van der Waals surface area contributed by atoms with E-state index in [2.05, 4.69) is 33.5 Å². The Hall–Kier alpha value is -7.77. The Morgan fingerprint density at radius 1 is 0.827 bits per heavy atom. The second-order valence-electron chi connectivity index (χ2n) is 19.8. The number of hydrogen-bond donors (Lipinski definition) is 3. The summed E-state index contributed by atoms with van der Waals surface area (Å²) in [7, 11) is 1.23. The van der Waals surface area contributed by atoms with Gasteiger partial charge in [0.15, 0.2) is 0 Å². The summed E-state index contributed by atoms with van der Waals surface area (Å²) >= 11 is 0. The second kappa shape index (κ2) is 22.0. The Bertz CT molecular complexity index is 3020. The zero-order valence-electron chi connectivity index (χ0n) is 42.3. The topological polar surface area (TPSA) is 176 Å². The van der Waals surface area contributed by atoms with E-state index in [1.807, 2.05) is 77.7 Å². The number of urea groups is 1. The van der Waals surface area contributed by atoms with Crippen LogP contribution in [0.25, 0.3) is 0 Å². The minimum atomic E-state index is -2.10. The van der Waals surface area contributed by atoms with Gasteiger partial charge >= 0.3 is 18.0 Å². The van der Waals surface area contributed by atoms with E-state index in [1.165, 1.54) is 7.11 Å². The van der Waals surface area contributed by atoms with Gasteiger partial charge in [-0.1, -0.05) is 105 Å². The van der Waals surface area contributed by atoms with E-state index in [4.69, 9.17) is 18.9 Å². The molecule has 3 N–H and O–H groups in total. The number of aliphatic hydroxyl groups is 1. The van der Waals surface area contributed by atoms with Gasteiger partial charge in [-0.15, -0.1) is 0 Å². The number of carbonyl (C=O) groups excluding carboxylic acids is 5. The molecule has 10 rings (SSSR count). The molecule has 4 aliphatic heterocycles. The molecule has 15 heteroatoms. The van der Waals surface area contributed by atoms with Crippen LogP contribution in [0.1, 0.15) is 85.5 Å². The summed E-state index contributed by atoms with van der Waals surface area (Å²) in [6.07, 6.45) is 5.01. The fraction of sp³-hybridized carbons (Fsp3) is 0.350. The van der Waals surface area contributed by atoms with Crippen molar-refractivity contribution < 1.29 is 48.0 Å². The third-order valence-electron chi connectivity index (χ3n) is 15.1. The maximum Gasteiger partial charge on any atom is 0.329 e. The quantitative estimate of drug-likeness (QED) is 0.0814. The predicted molar refractivity (Wildman–Crippen MR) is 282 cm³/mol. The SMILES string of the molecule is COC(=O)[C@@H](NC(=O)N1C(=O)[C@@]2(c3cc(C#CC4=CCCCC4)ccc31)[C@H](C(=O)Nc1ccc(N3CCOCC3)cc1)[C@H]1C(=O)O[C@H](c3ccccc3)[C@H](c3ccccc3)N1[C@@H]2c1ccc(OCCO)cc1)C(C)C. The predicted octanol–water partition coefficient (Wildman–Crippen LogP) is 7.96. The number of amides is 4. The van der Waals surface area contributed by atoms with Gasteiger partial charge < -0.3 is 39.6 Å². The molecule has 1 spiro atoms. The minimum Gasteiger partial charge on any atom is -0.491 e. The maximum absolute atomic E-state index is 16.8. The van der Waals surface area contributed by atoms with Crippen LogP contribution >= 0.6 is 0 Å². The van der Waals surface area contributed by atoms with Gasteiger partial charge in [0.25, 0.3) is 0 Å². The zero-order chi connectivity index (χ0) is 52.2. The molecule has 0 unspecified atom stereocenters. The normalized spacial score (nSPS) is 23.5. The Balaban J connectivity index is 1.24. The minimum absolute atomic E-state index is 0.0247. The van der Waals surface area contributed by atoms with E-state index < -0.39 is 77.3 Å². The molecule has 386 valence electrons. The van der Waals surface area contributed by atoms with Gasteiger partial charge in [-0.05, 0) is 114 Å². The summed E-state index contributed by atoms with van der Waals surface area (Å²) in [6, 6.07) is 33.0. The average Bonchev–Trinajstić information content (AvgIpc) is 3.93. The molecule has 3 saturated heterocycles. The third-order valence-corrected chi connectivity index (χ3v) is 15.1. The number of imide groups is 1. The molecular formula is C60H61N5O10. The lowest BCUT2D eigenvalue weighted by molar-refractivity contribution is -0.177. The third kappa shape index (κ3) is 9.65. The van der Waals surface area contributed by atoms with E-state index in [0.29, 0.717) is 54.4 Å². The first-order valence-electron chi connectivity index (χ1n) is 25.8. The number of anilines is 3. The number of nitrogens with one attached hydrogen (secondary N) is 2. The first kappa shape index (κ1) is 50.7. The standard InChI is InChI=1S/C60H61N5O10/c1-38(2)50(56(68)72-3)62-59(71)64-48-30-21-40(20-19-39-13-7-4-8-14-39)37-47(48)60(58(64)70)49(55(67)61-44-24-26-45(27-25-44)63-31-34-73-35-32-63)52-57(69)75-53(42-17-11-6-12-18-42)51(41-15-9-5-10-16-41)65(52)54(60)43-22-28-46(29-23-43)74-36-33-66/h5-6,9-13,15-18,21-30,37-38,49-54,66H,4,7-8,14,31-36H2,1-3H3,(H,61,67)(H,62,71)/t49-,50-,51-,52-,53+,54+,60-/m0/s1. The summed E-state index contributed by atoms with van der Waals surface area (Å²) in [5.74, 6) is 2.17. The molecule has 15 nitrogen and oxygen atoms in total. The van der Waals surface area contributed by atoms with Crippen LogP contribution in [0.15, 0.2) is 139 Å². The number of nitrogens with zero attached hydrogens (tertiary/aromatic N) is 3. The highest BCUT2D eigenvalue weighted by molar-refractivity contribution is 6.25. The maximum atomic E-state index is 16.8. The second-order valence-corrected chi connectivity index (χ2v) is 19.8. The molecule has 5 aliphatic rings. The number of fused-ring (bicyclic) bond motifs is 3. The number of morpholine rings is 2. The molecule has 75 heavy (non-hydrogen) atoms. The van der Waals surface area contributed by atoms with Crippen molar-refractivity contribution >= 4 is 46.8 Å². The van der Waals surface area contributed by atoms with Gasteiger partial charge in [0, 0.05) is 30.0 Å². The van der Waals surface area contributed by atoms with Gasteiger partial charge in [-0.25, -0.2) is 14.5 Å². The number of hydrogen-bond acceptors (Lipinski definition) is 12. The molecule has 0 radical (unpaired) electrons. The van der Waals surface area contributed by atoms with Crippen LogP contribution in [0.2, 0.25) is 0 Å². The van der Waals surface area contributed by atoms with Gasteiger partial charge in [-0.3, -0.25) is 19.3 Å². The van der Waals surface area contributed by atoms with Crippen molar-refractivity contribution in [1.82, 2.24) is 10.2 Å². The summed E-state index contributed by atoms with van der Waals surface area (Å²) in [6.45, 7) is 5.87. The molecule has 4 heterocycles. The first-order chi connectivity index (χ1) is 36.5. The Morgan fingerprint density at radius 3 is 2.19 bits per heavy atom. The summed E-state index contributed by atoms with van der Waals surface area (Å²) < 4.78 is 23.2. The van der Waals surface area contributed by atoms with Crippen molar-refractivity contribution in [3.05, 3.63) is 167 Å². The fourth-order valence-corrected chi connectivity index (χ4v) is 11.6. The lowest BCUT2D eigenvalue weighted by Crippen LogP contribution is -2.57. The van der Waals surface area contributed by atoms with Gasteiger partial charge in [0.2, 0.25) is 11.8 Å². The smallest absolute Gasteiger partial charge is 0.329 e. The highest BCUT2D eigenvalue weighted by atomic mass is 16.6. The average molecular weight is 1010 g/mol. The van der Waals surface area contributed by atoms with Crippen molar-refractivity contribution in [1.29, 1.82) is 0 Å². The summed E-state index contributed by atoms with van der Waals surface area (Å²) in [5, 5.41) is 15.6. The number of aliphatic hydroxyl groups excluding tert-OH is 1. The van der Waals surface area contributed by atoms with Crippen molar-refractivity contribution in [2.24, 2.45) is 11.8 Å². The van der Waals surface area contributed by atoms with Crippen LogP contribution < -0.4 is 25.2 Å². The number of cyclic esters (lactones) is 1. The van der Waals surface area contributed by atoms with Crippen LogP contribution in [-0.2, 0) is 38.8 Å². The lowest BCUT2D eigenvalue weighted by Gasteiger charge is -2.46. The van der Waals surface area contributed by atoms with Crippen LogP contribution in [-0.4, -0.2) is 98.5 Å². The van der Waals surface area contributed by atoms with Crippen molar-refractivity contribution in [3.63, 3.8) is 0 Å². The zero-order valence-corrected chi connectivity index (χ0v) is 42.3. The van der Waals surface area contributed by atoms with Gasteiger partial charge in [0.1, 0.15) is 36.0 Å². The summed E-state index contributed by atoms with van der Waals surface area (Å²) in [5.41, 5.74) is 3.14. The van der Waals surface area contributed by atoms with E-state index in [1.54, 1.807) is 68.4 Å². The molecule has 0 aromatic heterocycles. The van der Waals surface area contributed by atoms with E-state index >= 15 is 19.2 Å². The van der Waals surface area contributed by atoms with E-state index in [9.17, 15) is 9.90 Å². The molecule has 5 aromatic carbocycles. The molecule has 0 bridgehead atoms. The van der Waals surface area contributed by atoms with Crippen LogP contribution in [0.3, 0.4) is 0 Å². The lowest BCUT2D eigenvalue weighted by atomic mass is 9.65. The largest absolute Gasteiger partial charge is 0.491 e. The fourth-order valence-electron chi connectivity index (χ4n) is 11.6. The van der Waals surface area contributed by atoms with Crippen molar-refractivity contribution in [3.8, 4) is 17.6 Å². The Labute approximate surface area is 436 Å². The Kier molecular flexibility index (Phi) is 14.9. The number of esters is 2. The number of allylic oxidation sites excluding steroid dienone is 2. The van der Waals surface area contributed by atoms with Crippen LogP contribution in [0, 0.1) is 23.7 Å². The summed E-state index contributed by atoms with van der Waals surface area (Å²) in [4.78, 5) is 82.3. The molecule has 1 aliphatic carbocycles. The Morgan fingerprint density at radius 2 is 1.53 bits per heavy atom. The van der Waals surface area contributed by atoms with Crippen molar-refractivity contribution in [2.45, 2.75) is 75.2 Å². The van der Waals surface area contributed by atoms with Gasteiger partial charge in [0.05, 0.1) is 50.6 Å². The number of ether oxygens (including phenoxy) is 4. The molecule has 5 aromatic rings. The molecule has 7 atom stereocenters. The molecule has 3 fully saturated rings. The monoisotopic (exact) mass is 1010 g/mol. The number of rotatable bonds is 12. The first-order valence-corrected chi connectivity index (χ1v) is 25.8. The van der Waals surface area contributed by atoms with E-state index in [0.717, 1.165) is 47.4 Å². The van der Waals surface area contributed by atoms with Crippen LogP contribution in [0.5, 0.6) is 5.75 Å².